The van der Waals surface area contributed by atoms with E-state index in [1.165, 1.54) is 5.56 Å². The number of ether oxygens (including phenoxy) is 2. The molecule has 2 bridgehead atoms. The number of hydrogen-bond donors (Lipinski definition) is 1. The summed E-state index contributed by atoms with van der Waals surface area (Å²) in [6.45, 7) is 5.45. The van der Waals surface area contributed by atoms with Gasteiger partial charge in [0.15, 0.2) is 5.72 Å². The molecule has 3 aliphatic rings. The minimum absolute atomic E-state index is 0.0302. The van der Waals surface area contributed by atoms with Gasteiger partial charge in [0.1, 0.15) is 5.75 Å². The fourth-order valence-electron chi connectivity index (χ4n) is 3.79. The maximum Gasteiger partial charge on any atom is 0.321 e. The van der Waals surface area contributed by atoms with E-state index in [0.29, 0.717) is 6.54 Å². The number of carbonyl (C=O) groups is 1. The average Bonchev–Trinajstić information content (AvgIpc) is 2.95. The van der Waals surface area contributed by atoms with Gasteiger partial charge in [0.2, 0.25) is 0 Å². The molecule has 2 saturated heterocycles. The van der Waals surface area contributed by atoms with Gasteiger partial charge in [-0.2, -0.15) is 0 Å². The molecule has 2 fully saturated rings. The van der Waals surface area contributed by atoms with Crippen LogP contribution in [0.4, 0.5) is 4.79 Å². The summed E-state index contributed by atoms with van der Waals surface area (Å²) in [5, 5.41) is 3.12. The molecule has 2 amide bonds. The SMILES string of the molecule is Cc1ccc2c(c1)OC1(C)CC2NC(=O)N1CC1CCCO1. The zero-order chi connectivity index (χ0) is 15.3. The van der Waals surface area contributed by atoms with Gasteiger partial charge >= 0.3 is 6.03 Å². The van der Waals surface area contributed by atoms with Gasteiger partial charge in [-0.1, -0.05) is 12.1 Å². The Morgan fingerprint density at radius 3 is 3.09 bits per heavy atom. The molecule has 0 aromatic heterocycles. The van der Waals surface area contributed by atoms with E-state index in [9.17, 15) is 4.79 Å². The molecular weight excluding hydrogens is 280 g/mol. The van der Waals surface area contributed by atoms with E-state index < -0.39 is 5.72 Å². The second-order valence-electron chi connectivity index (χ2n) is 6.77. The molecule has 3 unspecified atom stereocenters. The van der Waals surface area contributed by atoms with Crippen molar-refractivity contribution >= 4 is 6.03 Å². The van der Waals surface area contributed by atoms with Crippen LogP contribution in [0, 0.1) is 6.92 Å². The summed E-state index contributed by atoms with van der Waals surface area (Å²) in [6, 6.07) is 6.16. The van der Waals surface area contributed by atoms with E-state index in [2.05, 4.69) is 30.4 Å². The van der Waals surface area contributed by atoms with Crippen LogP contribution < -0.4 is 10.1 Å². The van der Waals surface area contributed by atoms with Crippen LogP contribution in [0.15, 0.2) is 18.2 Å². The minimum atomic E-state index is -0.597. The predicted octanol–water partition coefficient (Wildman–Crippen LogP) is 2.74. The highest BCUT2D eigenvalue weighted by atomic mass is 16.5. The van der Waals surface area contributed by atoms with E-state index >= 15 is 0 Å². The lowest BCUT2D eigenvalue weighted by molar-refractivity contribution is -0.0972. The van der Waals surface area contributed by atoms with E-state index in [-0.39, 0.29) is 18.2 Å². The normalized spacial score (nSPS) is 33.2. The molecule has 3 heterocycles. The highest BCUT2D eigenvalue weighted by Gasteiger charge is 2.49. The van der Waals surface area contributed by atoms with Crippen molar-refractivity contribution in [2.45, 2.75) is 51.0 Å². The fraction of sp³-hybridized carbons (Fsp3) is 0.588. The summed E-state index contributed by atoms with van der Waals surface area (Å²) in [7, 11) is 0. The first kappa shape index (κ1) is 13.9. The summed E-state index contributed by atoms with van der Waals surface area (Å²) >= 11 is 0. The van der Waals surface area contributed by atoms with Crippen molar-refractivity contribution in [1.29, 1.82) is 0 Å². The van der Waals surface area contributed by atoms with Crippen molar-refractivity contribution in [3.63, 3.8) is 0 Å². The Bertz CT molecular complexity index is 612. The molecule has 5 nitrogen and oxygen atoms in total. The summed E-state index contributed by atoms with van der Waals surface area (Å²) in [6.07, 6.45) is 2.98. The van der Waals surface area contributed by atoms with Gasteiger partial charge < -0.3 is 14.8 Å². The fourth-order valence-corrected chi connectivity index (χ4v) is 3.79. The third kappa shape index (κ3) is 2.15. The first-order valence-corrected chi connectivity index (χ1v) is 8.04. The predicted molar refractivity (Wildman–Crippen MR) is 81.8 cm³/mol. The van der Waals surface area contributed by atoms with Gasteiger partial charge in [0, 0.05) is 18.6 Å². The number of urea groups is 1. The van der Waals surface area contributed by atoms with Crippen LogP contribution in [0.5, 0.6) is 5.75 Å². The van der Waals surface area contributed by atoms with E-state index in [1.54, 1.807) is 0 Å². The molecule has 4 rings (SSSR count). The van der Waals surface area contributed by atoms with Gasteiger partial charge in [-0.3, -0.25) is 4.90 Å². The van der Waals surface area contributed by atoms with Crippen molar-refractivity contribution in [2.75, 3.05) is 13.2 Å². The molecule has 3 atom stereocenters. The zero-order valence-electron chi connectivity index (χ0n) is 13.1. The van der Waals surface area contributed by atoms with Crippen molar-refractivity contribution in [1.82, 2.24) is 10.2 Å². The molecular formula is C17H22N2O3. The van der Waals surface area contributed by atoms with Crippen LogP contribution in [0.1, 0.15) is 43.4 Å². The lowest BCUT2D eigenvalue weighted by atomic mass is 9.89. The van der Waals surface area contributed by atoms with Gasteiger partial charge in [-0.25, -0.2) is 4.79 Å². The number of hydrogen-bond acceptors (Lipinski definition) is 3. The van der Waals surface area contributed by atoms with Crippen molar-refractivity contribution in [3.8, 4) is 5.75 Å². The number of nitrogens with one attached hydrogen (secondary N) is 1. The summed E-state index contributed by atoms with van der Waals surface area (Å²) < 4.78 is 12.0. The molecule has 22 heavy (non-hydrogen) atoms. The van der Waals surface area contributed by atoms with Crippen molar-refractivity contribution in [3.05, 3.63) is 29.3 Å². The maximum atomic E-state index is 12.6. The van der Waals surface area contributed by atoms with Crippen LogP contribution in [-0.2, 0) is 4.74 Å². The average molecular weight is 302 g/mol. The molecule has 0 saturated carbocycles. The Morgan fingerprint density at radius 1 is 1.45 bits per heavy atom. The van der Waals surface area contributed by atoms with Crippen LogP contribution in [0.3, 0.4) is 0 Å². The Kier molecular flexibility index (Phi) is 3.08. The summed E-state index contributed by atoms with van der Waals surface area (Å²) in [4.78, 5) is 14.4. The van der Waals surface area contributed by atoms with Gasteiger partial charge in [0.25, 0.3) is 0 Å². The number of fused-ring (bicyclic) bond motifs is 4. The molecule has 5 heteroatoms. The van der Waals surface area contributed by atoms with Crippen LogP contribution in [0.25, 0.3) is 0 Å². The van der Waals surface area contributed by atoms with E-state index in [0.717, 1.165) is 37.2 Å². The standard InChI is InChI=1S/C17H22N2O3/c1-11-5-6-13-14-9-17(2,22-15(13)8-11)19(16(20)18-14)10-12-4-3-7-21-12/h5-6,8,12,14H,3-4,7,9-10H2,1-2H3,(H,18,20). The van der Waals surface area contributed by atoms with Crippen molar-refractivity contribution in [2.24, 2.45) is 0 Å². The highest BCUT2D eigenvalue weighted by Crippen LogP contribution is 2.44. The first-order chi connectivity index (χ1) is 10.5. The second-order valence-corrected chi connectivity index (χ2v) is 6.77. The van der Waals surface area contributed by atoms with Gasteiger partial charge in [0.05, 0.1) is 18.7 Å². The molecule has 3 aliphatic heterocycles. The molecule has 0 aliphatic carbocycles. The summed E-state index contributed by atoms with van der Waals surface area (Å²) in [5.74, 6) is 0.885. The Morgan fingerprint density at radius 2 is 2.32 bits per heavy atom. The monoisotopic (exact) mass is 302 g/mol. The topological polar surface area (TPSA) is 50.8 Å². The van der Waals surface area contributed by atoms with E-state index in [1.807, 2.05) is 11.8 Å². The Hall–Kier alpha value is -1.75. The largest absolute Gasteiger partial charge is 0.468 e. The Labute approximate surface area is 130 Å². The van der Waals surface area contributed by atoms with E-state index in [4.69, 9.17) is 9.47 Å². The number of rotatable bonds is 2. The number of benzene rings is 1. The lowest BCUT2D eigenvalue weighted by Crippen LogP contribution is -2.65. The van der Waals surface area contributed by atoms with Crippen LogP contribution >= 0.6 is 0 Å². The molecule has 1 aromatic carbocycles. The van der Waals surface area contributed by atoms with Gasteiger partial charge in [-0.05, 0) is 38.3 Å². The smallest absolute Gasteiger partial charge is 0.321 e. The number of aryl methyl sites for hydroxylation is 1. The number of amides is 2. The zero-order valence-corrected chi connectivity index (χ0v) is 13.1. The lowest BCUT2D eigenvalue weighted by Gasteiger charge is -2.51. The number of carbonyl (C=O) groups excluding carboxylic acids is 1. The van der Waals surface area contributed by atoms with Crippen LogP contribution in [-0.4, -0.2) is 35.9 Å². The highest BCUT2D eigenvalue weighted by molar-refractivity contribution is 5.77. The quantitative estimate of drug-likeness (QED) is 0.914. The Balaban J connectivity index is 1.65. The number of nitrogens with zero attached hydrogens (tertiary/aromatic N) is 1. The van der Waals surface area contributed by atoms with Crippen LogP contribution in [0.2, 0.25) is 0 Å². The van der Waals surface area contributed by atoms with Gasteiger partial charge in [-0.15, -0.1) is 0 Å². The third-order valence-electron chi connectivity index (χ3n) is 4.98. The van der Waals surface area contributed by atoms with Crippen molar-refractivity contribution < 1.29 is 14.3 Å². The molecule has 118 valence electrons. The molecule has 1 N–H and O–H groups in total. The minimum Gasteiger partial charge on any atom is -0.468 e. The first-order valence-electron chi connectivity index (χ1n) is 8.04. The molecule has 1 aromatic rings. The third-order valence-corrected chi connectivity index (χ3v) is 4.98. The molecule has 0 spiro atoms. The second kappa shape index (κ2) is 4.88. The molecule has 0 radical (unpaired) electrons. The maximum absolute atomic E-state index is 12.6. The summed E-state index contributed by atoms with van der Waals surface area (Å²) in [5.41, 5.74) is 1.65.